The van der Waals surface area contributed by atoms with Crippen LogP contribution in [0.4, 0.5) is 11.4 Å². The van der Waals surface area contributed by atoms with Gasteiger partial charge in [-0.3, -0.25) is 9.59 Å². The van der Waals surface area contributed by atoms with Crippen LogP contribution in [0, 0.1) is 13.5 Å². The summed E-state index contributed by atoms with van der Waals surface area (Å²) >= 11 is 6.30. The second-order valence-electron chi connectivity index (χ2n) is 7.18. The van der Waals surface area contributed by atoms with E-state index in [0.29, 0.717) is 33.3 Å². The van der Waals surface area contributed by atoms with Gasteiger partial charge in [0.25, 0.3) is 0 Å². The Balaban J connectivity index is 1.92. The molecule has 2 aromatic carbocycles. The van der Waals surface area contributed by atoms with Gasteiger partial charge in [-0.25, -0.2) is 4.85 Å². The predicted octanol–water partition coefficient (Wildman–Crippen LogP) is 5.28. The SMILES string of the molecule is [C-]#[N+]c1ccc(N[C@@H](c2nnc(-c3ccc(OC(C)=O)cc3)o2)[C@H](C)OC(C)=O)c(C)c1Cl. The number of ether oxygens (including phenoxy) is 2. The van der Waals surface area contributed by atoms with Gasteiger partial charge in [-0.1, -0.05) is 17.7 Å². The monoisotopic (exact) mass is 468 g/mol. The molecule has 0 radical (unpaired) electrons. The molecule has 0 spiro atoms. The maximum absolute atomic E-state index is 11.6. The summed E-state index contributed by atoms with van der Waals surface area (Å²) < 4.78 is 16.3. The van der Waals surface area contributed by atoms with E-state index in [2.05, 4.69) is 20.4 Å². The summed E-state index contributed by atoms with van der Waals surface area (Å²) in [7, 11) is 0. The van der Waals surface area contributed by atoms with Gasteiger partial charge in [0.1, 0.15) is 17.9 Å². The van der Waals surface area contributed by atoms with Gasteiger partial charge in [0.2, 0.25) is 17.5 Å². The molecule has 0 saturated heterocycles. The number of nitrogens with zero attached hydrogens (tertiary/aromatic N) is 3. The number of halogens is 1. The number of nitrogens with one attached hydrogen (secondary N) is 1. The highest BCUT2D eigenvalue weighted by Gasteiger charge is 2.28. The minimum atomic E-state index is -0.691. The van der Waals surface area contributed by atoms with Crippen LogP contribution in [0.25, 0.3) is 16.3 Å². The Kier molecular flexibility index (Phi) is 7.30. The third kappa shape index (κ3) is 5.67. The summed E-state index contributed by atoms with van der Waals surface area (Å²) in [5, 5.41) is 11.8. The van der Waals surface area contributed by atoms with Crippen LogP contribution in [0.5, 0.6) is 5.75 Å². The molecule has 9 nitrogen and oxygen atoms in total. The number of hydrogen-bond acceptors (Lipinski definition) is 8. The van der Waals surface area contributed by atoms with Crippen molar-refractivity contribution in [3.63, 3.8) is 0 Å². The second-order valence-corrected chi connectivity index (χ2v) is 7.56. The van der Waals surface area contributed by atoms with Crippen molar-refractivity contribution in [1.82, 2.24) is 10.2 Å². The number of esters is 2. The van der Waals surface area contributed by atoms with Crippen molar-refractivity contribution in [3.05, 3.63) is 64.3 Å². The minimum Gasteiger partial charge on any atom is -0.460 e. The molecule has 33 heavy (non-hydrogen) atoms. The zero-order chi connectivity index (χ0) is 24.1. The molecule has 0 saturated carbocycles. The van der Waals surface area contributed by atoms with Gasteiger partial charge in [-0.2, -0.15) is 0 Å². The van der Waals surface area contributed by atoms with Crippen LogP contribution in [0.3, 0.4) is 0 Å². The molecule has 0 amide bonds. The van der Waals surface area contributed by atoms with Crippen LogP contribution in [0.2, 0.25) is 5.02 Å². The Morgan fingerprint density at radius 2 is 1.82 bits per heavy atom. The first-order valence-electron chi connectivity index (χ1n) is 9.92. The molecule has 170 valence electrons. The summed E-state index contributed by atoms with van der Waals surface area (Å²) in [5.41, 5.74) is 2.23. The van der Waals surface area contributed by atoms with E-state index in [1.165, 1.54) is 13.8 Å². The van der Waals surface area contributed by atoms with E-state index in [0.717, 1.165) is 0 Å². The molecule has 0 unspecified atom stereocenters. The zero-order valence-electron chi connectivity index (χ0n) is 18.4. The lowest BCUT2D eigenvalue weighted by Crippen LogP contribution is -2.28. The van der Waals surface area contributed by atoms with Gasteiger partial charge in [-0.15, -0.1) is 10.2 Å². The highest BCUT2D eigenvalue weighted by Crippen LogP contribution is 2.36. The number of anilines is 1. The maximum atomic E-state index is 11.6. The molecule has 0 fully saturated rings. The minimum absolute atomic E-state index is 0.188. The van der Waals surface area contributed by atoms with Crippen LogP contribution in [0.1, 0.15) is 38.3 Å². The van der Waals surface area contributed by atoms with Gasteiger partial charge >= 0.3 is 11.9 Å². The van der Waals surface area contributed by atoms with Gasteiger partial charge in [0, 0.05) is 25.1 Å². The molecular weight excluding hydrogens is 448 g/mol. The summed E-state index contributed by atoms with van der Waals surface area (Å²) in [6.45, 7) is 13.3. The fourth-order valence-corrected chi connectivity index (χ4v) is 3.31. The highest BCUT2D eigenvalue weighted by molar-refractivity contribution is 6.34. The van der Waals surface area contributed by atoms with Crippen molar-refractivity contribution in [1.29, 1.82) is 0 Å². The standard InChI is InChI=1S/C23H21ClN4O5/c1-12-18(10-11-19(25-5)20(12)24)26-21(13(2)31-14(3)29)23-28-27-22(33-23)16-6-8-17(9-7-16)32-15(4)30/h6-11,13,21,26H,1-4H3/t13-,21+/m0/s1. The Morgan fingerprint density at radius 1 is 1.12 bits per heavy atom. The first kappa shape index (κ1) is 23.8. The van der Waals surface area contributed by atoms with Crippen LogP contribution >= 0.6 is 11.6 Å². The number of benzene rings is 2. The molecule has 0 bridgehead atoms. The van der Waals surface area contributed by atoms with Crippen molar-refractivity contribution in [2.24, 2.45) is 0 Å². The highest BCUT2D eigenvalue weighted by atomic mass is 35.5. The van der Waals surface area contributed by atoms with Gasteiger partial charge in [-0.05, 0) is 49.7 Å². The van der Waals surface area contributed by atoms with Crippen LogP contribution < -0.4 is 10.1 Å². The summed E-state index contributed by atoms with van der Waals surface area (Å²) in [5.74, 6) is -0.0691. The number of rotatable bonds is 7. The molecule has 1 aromatic heterocycles. The van der Waals surface area contributed by atoms with Crippen molar-refractivity contribution in [3.8, 4) is 17.2 Å². The maximum Gasteiger partial charge on any atom is 0.308 e. The van der Waals surface area contributed by atoms with Crippen LogP contribution in [-0.2, 0) is 14.3 Å². The third-order valence-electron chi connectivity index (χ3n) is 4.69. The van der Waals surface area contributed by atoms with E-state index in [1.54, 1.807) is 50.2 Å². The molecule has 3 aromatic rings. The Morgan fingerprint density at radius 3 is 2.42 bits per heavy atom. The number of hydrogen-bond donors (Lipinski definition) is 1. The molecule has 0 aliphatic heterocycles. The lowest BCUT2D eigenvalue weighted by molar-refractivity contribution is -0.146. The Labute approximate surface area is 195 Å². The normalized spacial score (nSPS) is 12.4. The average molecular weight is 469 g/mol. The quantitative estimate of drug-likeness (QED) is 0.283. The Hall–Kier alpha value is -3.90. The molecule has 10 heteroatoms. The molecule has 0 aliphatic carbocycles. The van der Waals surface area contributed by atoms with Crippen molar-refractivity contribution < 1.29 is 23.5 Å². The molecule has 1 N–H and O–H groups in total. The molecule has 1 heterocycles. The van der Waals surface area contributed by atoms with Crippen molar-refractivity contribution in [2.45, 2.75) is 39.8 Å². The van der Waals surface area contributed by atoms with Gasteiger partial charge in [0.05, 0.1) is 11.6 Å². The predicted molar refractivity (Wildman–Crippen MR) is 121 cm³/mol. The number of aromatic nitrogens is 2. The van der Waals surface area contributed by atoms with Crippen LogP contribution in [-0.4, -0.2) is 28.2 Å². The topological polar surface area (TPSA) is 108 Å². The first-order valence-corrected chi connectivity index (χ1v) is 10.3. The zero-order valence-corrected chi connectivity index (χ0v) is 19.1. The van der Waals surface area contributed by atoms with E-state index >= 15 is 0 Å². The number of carbonyl (C=O) groups is 2. The largest absolute Gasteiger partial charge is 0.460 e. The molecule has 0 aliphatic rings. The van der Waals surface area contributed by atoms with E-state index < -0.39 is 24.1 Å². The average Bonchev–Trinajstić information content (AvgIpc) is 3.24. The number of carbonyl (C=O) groups excluding carboxylic acids is 2. The van der Waals surface area contributed by atoms with Gasteiger partial charge in [0.15, 0.2) is 0 Å². The summed E-state index contributed by atoms with van der Waals surface area (Å²) in [6.07, 6.45) is -0.666. The summed E-state index contributed by atoms with van der Waals surface area (Å²) in [4.78, 5) is 26.1. The molecular formula is C23H21ClN4O5. The van der Waals surface area contributed by atoms with Crippen LogP contribution in [0.15, 0.2) is 40.8 Å². The summed E-state index contributed by atoms with van der Waals surface area (Å²) in [6, 6.07) is 9.21. The first-order chi connectivity index (χ1) is 15.7. The fraction of sp³-hybridized carbons (Fsp3) is 0.261. The lowest BCUT2D eigenvalue weighted by atomic mass is 10.1. The van der Waals surface area contributed by atoms with Crippen molar-refractivity contribution >= 4 is 34.9 Å². The van der Waals surface area contributed by atoms with Gasteiger partial charge < -0.3 is 19.2 Å². The molecule has 3 rings (SSSR count). The lowest BCUT2D eigenvalue weighted by Gasteiger charge is -2.24. The Bertz CT molecular complexity index is 1220. The van der Waals surface area contributed by atoms with Crippen molar-refractivity contribution in [2.75, 3.05) is 5.32 Å². The second kappa shape index (κ2) is 10.1. The van der Waals surface area contributed by atoms with E-state index in [-0.39, 0.29) is 11.8 Å². The molecule has 2 atom stereocenters. The van der Waals surface area contributed by atoms with E-state index in [9.17, 15) is 9.59 Å². The fourth-order valence-electron chi connectivity index (χ4n) is 3.10. The third-order valence-corrected chi connectivity index (χ3v) is 5.17. The van der Waals surface area contributed by atoms with E-state index in [1.807, 2.05) is 0 Å². The smallest absolute Gasteiger partial charge is 0.308 e. The van der Waals surface area contributed by atoms with E-state index in [4.69, 9.17) is 32.1 Å².